The van der Waals surface area contributed by atoms with Crippen LogP contribution in [0.5, 0.6) is 0 Å². The predicted molar refractivity (Wildman–Crippen MR) is 57.0 cm³/mol. The summed E-state index contributed by atoms with van der Waals surface area (Å²) in [6.45, 7) is 1.61. The minimum absolute atomic E-state index is 0.0382. The summed E-state index contributed by atoms with van der Waals surface area (Å²) in [6.07, 6.45) is 1.80. The maximum Gasteiger partial charge on any atom is 0.251 e. The molecule has 0 atom stereocenters. The summed E-state index contributed by atoms with van der Waals surface area (Å²) in [5.74, 6) is 0. The van der Waals surface area contributed by atoms with Crippen LogP contribution in [0.3, 0.4) is 0 Å². The standard InChI is InChI=1S/C9H13BrN2O/c1-11(2)5-6-12-4-3-8(10)7-9(12)13/h3-4,7H,5-6H2,1-2H3. The average Bonchev–Trinajstić information content (AvgIpc) is 2.02. The van der Waals surface area contributed by atoms with E-state index in [0.29, 0.717) is 0 Å². The van der Waals surface area contributed by atoms with Crippen LogP contribution in [0.4, 0.5) is 0 Å². The van der Waals surface area contributed by atoms with E-state index in [2.05, 4.69) is 20.8 Å². The van der Waals surface area contributed by atoms with Gasteiger partial charge in [0.05, 0.1) is 0 Å². The number of halogens is 1. The van der Waals surface area contributed by atoms with Gasteiger partial charge in [0.1, 0.15) is 0 Å². The van der Waals surface area contributed by atoms with Crippen LogP contribution < -0.4 is 5.56 Å². The van der Waals surface area contributed by atoms with E-state index in [4.69, 9.17) is 0 Å². The van der Waals surface area contributed by atoms with Gasteiger partial charge in [-0.3, -0.25) is 4.79 Å². The second-order valence-corrected chi connectivity index (χ2v) is 4.10. The van der Waals surface area contributed by atoms with Crippen LogP contribution in [-0.4, -0.2) is 30.1 Å². The quantitative estimate of drug-likeness (QED) is 0.798. The van der Waals surface area contributed by atoms with Crippen molar-refractivity contribution in [2.24, 2.45) is 0 Å². The Labute approximate surface area is 86.1 Å². The molecule has 0 amide bonds. The Morgan fingerprint density at radius 3 is 2.77 bits per heavy atom. The summed E-state index contributed by atoms with van der Waals surface area (Å²) in [6, 6.07) is 3.45. The van der Waals surface area contributed by atoms with Gasteiger partial charge in [-0.2, -0.15) is 0 Å². The normalized spacial score (nSPS) is 10.8. The first-order valence-electron chi connectivity index (χ1n) is 4.10. The molecule has 0 unspecified atom stereocenters. The molecule has 0 fully saturated rings. The largest absolute Gasteiger partial charge is 0.314 e. The molecule has 0 aromatic carbocycles. The molecule has 0 saturated carbocycles. The molecular weight excluding hydrogens is 232 g/mol. The summed E-state index contributed by atoms with van der Waals surface area (Å²) in [5, 5.41) is 0. The Bertz CT molecular complexity index is 333. The third-order valence-corrected chi connectivity index (χ3v) is 2.24. The molecule has 0 aliphatic heterocycles. The van der Waals surface area contributed by atoms with Gasteiger partial charge in [-0.15, -0.1) is 0 Å². The monoisotopic (exact) mass is 244 g/mol. The number of rotatable bonds is 3. The van der Waals surface area contributed by atoms with Crippen molar-refractivity contribution in [1.29, 1.82) is 0 Å². The number of likely N-dealkylation sites (N-methyl/N-ethyl adjacent to an activating group) is 1. The van der Waals surface area contributed by atoms with Gasteiger partial charge < -0.3 is 9.47 Å². The minimum atomic E-state index is 0.0382. The van der Waals surface area contributed by atoms with Gasteiger partial charge in [0, 0.05) is 29.8 Å². The number of hydrogen-bond acceptors (Lipinski definition) is 2. The molecule has 0 spiro atoms. The highest BCUT2D eigenvalue weighted by atomic mass is 79.9. The highest BCUT2D eigenvalue weighted by Crippen LogP contribution is 2.03. The zero-order chi connectivity index (χ0) is 9.84. The van der Waals surface area contributed by atoms with E-state index in [9.17, 15) is 4.79 Å². The topological polar surface area (TPSA) is 25.2 Å². The zero-order valence-electron chi connectivity index (χ0n) is 7.83. The molecule has 0 aliphatic carbocycles. The third-order valence-electron chi connectivity index (χ3n) is 1.75. The summed E-state index contributed by atoms with van der Waals surface area (Å²) in [7, 11) is 3.98. The number of aromatic nitrogens is 1. The van der Waals surface area contributed by atoms with Crippen LogP contribution in [0.1, 0.15) is 0 Å². The maximum absolute atomic E-state index is 11.4. The first-order valence-corrected chi connectivity index (χ1v) is 4.89. The molecule has 0 radical (unpaired) electrons. The van der Waals surface area contributed by atoms with Gasteiger partial charge in [-0.1, -0.05) is 15.9 Å². The highest BCUT2D eigenvalue weighted by Gasteiger charge is 1.96. The van der Waals surface area contributed by atoms with Gasteiger partial charge in [0.2, 0.25) is 0 Å². The second-order valence-electron chi connectivity index (χ2n) is 3.18. The van der Waals surface area contributed by atoms with E-state index in [-0.39, 0.29) is 5.56 Å². The fraction of sp³-hybridized carbons (Fsp3) is 0.444. The average molecular weight is 245 g/mol. The third kappa shape index (κ3) is 3.32. The summed E-state index contributed by atoms with van der Waals surface area (Å²) >= 11 is 3.25. The van der Waals surface area contributed by atoms with Crippen molar-refractivity contribution >= 4 is 15.9 Å². The highest BCUT2D eigenvalue weighted by molar-refractivity contribution is 9.10. The van der Waals surface area contributed by atoms with E-state index in [1.807, 2.05) is 20.2 Å². The number of hydrogen-bond donors (Lipinski definition) is 0. The number of nitrogens with zero attached hydrogens (tertiary/aromatic N) is 2. The van der Waals surface area contributed by atoms with Crippen LogP contribution >= 0.6 is 15.9 Å². The van der Waals surface area contributed by atoms with E-state index in [1.54, 1.807) is 16.8 Å². The van der Waals surface area contributed by atoms with E-state index in [0.717, 1.165) is 17.6 Å². The van der Waals surface area contributed by atoms with Crippen LogP contribution in [0, 0.1) is 0 Å². The summed E-state index contributed by atoms with van der Waals surface area (Å²) < 4.78 is 2.53. The predicted octanol–water partition coefficient (Wildman–Crippen LogP) is 1.17. The Morgan fingerprint density at radius 2 is 2.23 bits per heavy atom. The van der Waals surface area contributed by atoms with Crippen molar-refractivity contribution in [2.45, 2.75) is 6.54 Å². The van der Waals surface area contributed by atoms with Crippen molar-refractivity contribution < 1.29 is 0 Å². The Hall–Kier alpha value is -0.610. The molecule has 1 aromatic rings. The lowest BCUT2D eigenvalue weighted by Crippen LogP contribution is -2.25. The Balaban J connectivity index is 2.73. The summed E-state index contributed by atoms with van der Waals surface area (Å²) in [4.78, 5) is 13.4. The molecule has 3 nitrogen and oxygen atoms in total. The maximum atomic E-state index is 11.4. The molecule has 1 rings (SSSR count). The molecule has 1 heterocycles. The molecule has 0 bridgehead atoms. The van der Waals surface area contributed by atoms with Gasteiger partial charge in [0.25, 0.3) is 5.56 Å². The molecule has 72 valence electrons. The van der Waals surface area contributed by atoms with E-state index < -0.39 is 0 Å². The lowest BCUT2D eigenvalue weighted by atomic mass is 10.4. The van der Waals surface area contributed by atoms with Crippen LogP contribution in [0.2, 0.25) is 0 Å². The van der Waals surface area contributed by atoms with Gasteiger partial charge >= 0.3 is 0 Å². The van der Waals surface area contributed by atoms with Crippen molar-refractivity contribution in [1.82, 2.24) is 9.47 Å². The number of pyridine rings is 1. The molecule has 0 N–H and O–H groups in total. The fourth-order valence-corrected chi connectivity index (χ4v) is 1.29. The van der Waals surface area contributed by atoms with E-state index in [1.165, 1.54) is 0 Å². The second kappa shape index (κ2) is 4.58. The minimum Gasteiger partial charge on any atom is -0.314 e. The van der Waals surface area contributed by atoms with Crippen molar-refractivity contribution in [2.75, 3.05) is 20.6 Å². The zero-order valence-corrected chi connectivity index (χ0v) is 9.41. The van der Waals surface area contributed by atoms with Crippen LogP contribution in [0.25, 0.3) is 0 Å². The Morgan fingerprint density at radius 1 is 1.54 bits per heavy atom. The van der Waals surface area contributed by atoms with Gasteiger partial charge in [-0.05, 0) is 20.2 Å². The first kappa shape index (κ1) is 10.5. The molecule has 0 aliphatic rings. The van der Waals surface area contributed by atoms with Crippen molar-refractivity contribution in [3.05, 3.63) is 33.2 Å². The molecule has 1 aromatic heterocycles. The first-order chi connectivity index (χ1) is 6.09. The SMILES string of the molecule is CN(C)CCn1ccc(Br)cc1=O. The van der Waals surface area contributed by atoms with Crippen LogP contribution in [0.15, 0.2) is 27.6 Å². The fourth-order valence-electron chi connectivity index (χ4n) is 0.976. The lowest BCUT2D eigenvalue weighted by molar-refractivity contribution is 0.381. The van der Waals surface area contributed by atoms with Gasteiger partial charge in [0.15, 0.2) is 0 Å². The molecule has 4 heteroatoms. The molecule has 0 saturated heterocycles. The summed E-state index contributed by atoms with van der Waals surface area (Å²) in [5.41, 5.74) is 0.0382. The van der Waals surface area contributed by atoms with E-state index >= 15 is 0 Å². The lowest BCUT2D eigenvalue weighted by Gasteiger charge is -2.10. The van der Waals surface area contributed by atoms with Crippen molar-refractivity contribution in [3.8, 4) is 0 Å². The smallest absolute Gasteiger partial charge is 0.251 e. The van der Waals surface area contributed by atoms with Gasteiger partial charge in [-0.25, -0.2) is 0 Å². The molecular formula is C9H13BrN2O. The Kier molecular flexibility index (Phi) is 3.69. The van der Waals surface area contributed by atoms with Crippen molar-refractivity contribution in [3.63, 3.8) is 0 Å². The molecule has 13 heavy (non-hydrogen) atoms. The van der Waals surface area contributed by atoms with Crippen LogP contribution in [-0.2, 0) is 6.54 Å².